The van der Waals surface area contributed by atoms with Gasteiger partial charge in [0, 0.05) is 18.4 Å². The van der Waals surface area contributed by atoms with Gasteiger partial charge < -0.3 is 40.0 Å². The Morgan fingerprint density at radius 3 is 2.68 bits per heavy atom. The Balaban J connectivity index is 1.74. The van der Waals surface area contributed by atoms with Crippen molar-refractivity contribution in [1.29, 1.82) is 0 Å². The molecule has 3 aliphatic rings. The van der Waals surface area contributed by atoms with Crippen LogP contribution >= 0.6 is 0 Å². The molecule has 5 N–H and O–H groups in total. The van der Waals surface area contributed by atoms with Crippen molar-refractivity contribution in [3.63, 3.8) is 0 Å². The van der Waals surface area contributed by atoms with Crippen LogP contribution in [0.5, 0.6) is 0 Å². The summed E-state index contributed by atoms with van der Waals surface area (Å²) in [6.45, 7) is 2.00. The summed E-state index contributed by atoms with van der Waals surface area (Å²) in [5.74, 6) is -0.304. The van der Waals surface area contributed by atoms with E-state index in [0.29, 0.717) is 18.5 Å². The van der Waals surface area contributed by atoms with Crippen molar-refractivity contribution in [1.82, 2.24) is 5.32 Å². The molecule has 0 saturated carbocycles. The van der Waals surface area contributed by atoms with Gasteiger partial charge in [0.1, 0.15) is 24.4 Å². The number of rotatable bonds is 4. The summed E-state index contributed by atoms with van der Waals surface area (Å²) in [7, 11) is 0. The summed E-state index contributed by atoms with van der Waals surface area (Å²) in [5, 5.41) is 41.8. The monoisotopic (exact) mass is 359 g/mol. The van der Waals surface area contributed by atoms with Gasteiger partial charge in [0.2, 0.25) is 6.29 Å². The number of piperidine rings is 1. The normalized spacial score (nSPS) is 44.4. The first-order chi connectivity index (χ1) is 12.0. The summed E-state index contributed by atoms with van der Waals surface area (Å²) in [5.41, 5.74) is 0.576. The van der Waals surface area contributed by atoms with E-state index in [1.54, 1.807) is 0 Å². The molecule has 0 unspecified atom stereocenters. The molecular formula is C16H25NO8. The van der Waals surface area contributed by atoms with Gasteiger partial charge in [-0.15, -0.1) is 0 Å². The minimum absolute atomic E-state index is 0.0256. The predicted molar refractivity (Wildman–Crippen MR) is 82.7 cm³/mol. The summed E-state index contributed by atoms with van der Waals surface area (Å²) >= 11 is 0. The molecule has 9 heteroatoms. The number of fused-ring (bicyclic) bond motifs is 1. The van der Waals surface area contributed by atoms with Crippen molar-refractivity contribution in [3.8, 4) is 0 Å². The van der Waals surface area contributed by atoms with Gasteiger partial charge in [0.15, 0.2) is 6.29 Å². The second-order valence-corrected chi connectivity index (χ2v) is 6.63. The van der Waals surface area contributed by atoms with Gasteiger partial charge >= 0.3 is 0 Å². The van der Waals surface area contributed by atoms with Crippen molar-refractivity contribution in [2.24, 2.45) is 11.8 Å². The van der Waals surface area contributed by atoms with Gasteiger partial charge in [0.25, 0.3) is 5.91 Å². The van der Waals surface area contributed by atoms with Crippen molar-refractivity contribution < 1.29 is 39.4 Å². The Labute approximate surface area is 145 Å². The van der Waals surface area contributed by atoms with Crippen LogP contribution in [0.15, 0.2) is 11.8 Å². The van der Waals surface area contributed by atoms with E-state index >= 15 is 0 Å². The molecule has 3 aliphatic heterocycles. The van der Waals surface area contributed by atoms with E-state index in [4.69, 9.17) is 14.2 Å². The van der Waals surface area contributed by atoms with Crippen molar-refractivity contribution in [2.45, 2.75) is 56.8 Å². The molecule has 0 aromatic heterocycles. The number of aliphatic hydroxyl groups excluding tert-OH is 4. The molecule has 2 saturated heterocycles. The number of hydrogen-bond donors (Lipinski definition) is 5. The fraction of sp³-hybridized carbons (Fsp3) is 0.812. The number of hydrogen-bond acceptors (Lipinski definition) is 8. The Hall–Kier alpha value is -1.23. The molecule has 25 heavy (non-hydrogen) atoms. The number of ether oxygens (including phenoxy) is 3. The summed E-state index contributed by atoms with van der Waals surface area (Å²) < 4.78 is 16.7. The number of nitrogens with one attached hydrogen (secondary N) is 1. The first-order valence-corrected chi connectivity index (χ1v) is 8.57. The van der Waals surface area contributed by atoms with E-state index in [9.17, 15) is 25.2 Å². The highest BCUT2D eigenvalue weighted by molar-refractivity contribution is 5.94. The van der Waals surface area contributed by atoms with Crippen LogP contribution in [0.25, 0.3) is 0 Å². The lowest BCUT2D eigenvalue weighted by Gasteiger charge is -2.44. The molecule has 3 rings (SSSR count). The van der Waals surface area contributed by atoms with E-state index in [2.05, 4.69) is 5.32 Å². The van der Waals surface area contributed by atoms with Gasteiger partial charge in [-0.1, -0.05) is 6.92 Å². The minimum Gasteiger partial charge on any atom is -0.472 e. The lowest BCUT2D eigenvalue weighted by molar-refractivity contribution is -0.342. The fourth-order valence-corrected chi connectivity index (χ4v) is 3.71. The maximum absolute atomic E-state index is 11.9. The maximum Gasteiger partial charge on any atom is 0.250 e. The molecule has 0 aliphatic carbocycles. The third kappa shape index (κ3) is 3.40. The van der Waals surface area contributed by atoms with Crippen molar-refractivity contribution in [2.75, 3.05) is 13.2 Å². The third-order valence-corrected chi connectivity index (χ3v) is 5.19. The number of aliphatic hydroxyl groups is 4. The predicted octanol–water partition coefficient (Wildman–Crippen LogP) is -1.79. The maximum atomic E-state index is 11.9. The second-order valence-electron chi connectivity index (χ2n) is 6.63. The Kier molecular flexibility index (Phi) is 5.62. The Bertz CT molecular complexity index is 524. The highest BCUT2D eigenvalue weighted by Gasteiger charge is 2.47. The topological polar surface area (TPSA) is 138 Å². The second kappa shape index (κ2) is 7.56. The fourth-order valence-electron chi connectivity index (χ4n) is 3.71. The molecular weight excluding hydrogens is 334 g/mol. The van der Waals surface area contributed by atoms with E-state index in [1.807, 2.05) is 6.92 Å². The summed E-state index contributed by atoms with van der Waals surface area (Å²) in [4.78, 5) is 11.9. The number of carbonyl (C=O) groups is 1. The van der Waals surface area contributed by atoms with Gasteiger partial charge in [-0.05, 0) is 12.8 Å². The van der Waals surface area contributed by atoms with E-state index < -0.39 is 43.6 Å². The van der Waals surface area contributed by atoms with Crippen LogP contribution in [0.3, 0.4) is 0 Å². The molecule has 0 bridgehead atoms. The molecule has 1 amide bonds. The molecule has 0 aromatic rings. The van der Waals surface area contributed by atoms with Gasteiger partial charge in [-0.25, -0.2) is 0 Å². The molecule has 142 valence electrons. The Morgan fingerprint density at radius 2 is 2.00 bits per heavy atom. The van der Waals surface area contributed by atoms with Gasteiger partial charge in [-0.3, -0.25) is 4.79 Å². The zero-order chi connectivity index (χ0) is 18.1. The molecule has 3 heterocycles. The largest absolute Gasteiger partial charge is 0.472 e. The van der Waals surface area contributed by atoms with E-state index in [1.165, 1.54) is 6.26 Å². The third-order valence-electron chi connectivity index (χ3n) is 5.19. The lowest BCUT2D eigenvalue weighted by Crippen LogP contribution is -2.60. The van der Waals surface area contributed by atoms with Crippen LogP contribution in [-0.2, 0) is 19.0 Å². The Morgan fingerprint density at radius 1 is 1.24 bits per heavy atom. The zero-order valence-corrected chi connectivity index (χ0v) is 13.9. The first-order valence-electron chi connectivity index (χ1n) is 8.57. The molecule has 9 nitrogen and oxygen atoms in total. The van der Waals surface area contributed by atoms with Crippen molar-refractivity contribution in [3.05, 3.63) is 11.8 Å². The average molecular weight is 359 g/mol. The van der Waals surface area contributed by atoms with Crippen LogP contribution in [-0.4, -0.2) is 76.5 Å². The number of carbonyl (C=O) groups excluding carboxylic acids is 1. The van der Waals surface area contributed by atoms with Crippen LogP contribution in [0.2, 0.25) is 0 Å². The van der Waals surface area contributed by atoms with Crippen LogP contribution < -0.4 is 5.32 Å². The zero-order valence-electron chi connectivity index (χ0n) is 13.9. The molecule has 0 aromatic carbocycles. The molecule has 2 fully saturated rings. The minimum atomic E-state index is -1.51. The highest BCUT2D eigenvalue weighted by Crippen LogP contribution is 2.38. The van der Waals surface area contributed by atoms with Crippen molar-refractivity contribution >= 4 is 5.91 Å². The van der Waals surface area contributed by atoms with Gasteiger partial charge in [-0.2, -0.15) is 0 Å². The first kappa shape index (κ1) is 18.6. The van der Waals surface area contributed by atoms with E-state index in [-0.39, 0.29) is 17.7 Å². The molecule has 0 radical (unpaired) electrons. The van der Waals surface area contributed by atoms with Crippen LogP contribution in [0.1, 0.15) is 19.8 Å². The van der Waals surface area contributed by atoms with Crippen LogP contribution in [0, 0.1) is 11.8 Å². The van der Waals surface area contributed by atoms with E-state index in [0.717, 1.165) is 6.42 Å². The molecule has 0 spiro atoms. The average Bonchev–Trinajstić information content (AvgIpc) is 2.62. The standard InChI is InChI=1S/C16H25NO8/c1-2-7-8-3-4-17-14(22)9(8)6-23-15(7)25-16-13(21)12(20)11(19)10(5-18)24-16/h6-8,10-13,15-16,18-21H,2-5H2,1H3,(H,17,22)/t7-,8+,10-,11-,12+,13-,15+,16+/m1/s1. The smallest absolute Gasteiger partial charge is 0.250 e. The highest BCUT2D eigenvalue weighted by atomic mass is 16.8. The summed E-state index contributed by atoms with van der Waals surface area (Å²) in [6.07, 6.45) is -4.70. The molecule has 8 atom stereocenters. The SMILES string of the molecule is CC[C@H]1[C@H](O[C@@H]2O[C@H](CO)[C@@H](O)[C@H](O)[C@H]2O)OC=C2C(=O)NCC[C@H]21. The van der Waals surface area contributed by atoms with Gasteiger partial charge in [0.05, 0.1) is 18.4 Å². The number of amides is 1. The van der Waals surface area contributed by atoms with Crippen LogP contribution in [0.4, 0.5) is 0 Å². The quantitative estimate of drug-likeness (QED) is 0.397. The summed E-state index contributed by atoms with van der Waals surface area (Å²) in [6, 6.07) is 0. The lowest BCUT2D eigenvalue weighted by atomic mass is 9.78.